The van der Waals surface area contributed by atoms with E-state index in [9.17, 15) is 4.79 Å². The Bertz CT molecular complexity index is 355. The summed E-state index contributed by atoms with van der Waals surface area (Å²) in [4.78, 5) is 13.3. The zero-order valence-corrected chi connectivity index (χ0v) is 11.6. The first-order valence-corrected chi connectivity index (χ1v) is 6.97. The third-order valence-corrected chi connectivity index (χ3v) is 3.67. The number of carbonyl (C=O) groups is 1. The maximum atomic E-state index is 12.1. The number of thioether (sulfide) groups is 1. The van der Waals surface area contributed by atoms with Crippen LogP contribution < -0.4 is 5.73 Å². The molecule has 0 aliphatic rings. The van der Waals surface area contributed by atoms with Crippen molar-refractivity contribution in [2.75, 3.05) is 6.54 Å². The Kier molecular flexibility index (Phi) is 5.72. The molecule has 0 aromatic heterocycles. The second kappa shape index (κ2) is 6.82. The van der Waals surface area contributed by atoms with Crippen LogP contribution in [-0.2, 0) is 0 Å². The minimum absolute atomic E-state index is 0.0430. The van der Waals surface area contributed by atoms with Gasteiger partial charge >= 0.3 is 0 Å². The number of ketones is 1. The average molecular weight is 251 g/mol. The minimum Gasteiger partial charge on any atom is -0.330 e. The van der Waals surface area contributed by atoms with E-state index in [2.05, 4.69) is 13.8 Å². The van der Waals surface area contributed by atoms with Crippen molar-refractivity contribution >= 4 is 17.5 Å². The molecule has 0 saturated heterocycles. The number of benzene rings is 1. The Labute approximate surface area is 108 Å². The third kappa shape index (κ3) is 4.17. The van der Waals surface area contributed by atoms with Gasteiger partial charge in [0.1, 0.15) is 0 Å². The van der Waals surface area contributed by atoms with Gasteiger partial charge in [-0.15, -0.1) is 11.8 Å². The molecule has 3 heteroatoms. The van der Waals surface area contributed by atoms with Crippen LogP contribution in [0.15, 0.2) is 29.2 Å². The normalized spacial score (nSPS) is 12.8. The van der Waals surface area contributed by atoms with Crippen molar-refractivity contribution in [1.82, 2.24) is 0 Å². The Hall–Kier alpha value is -0.800. The molecule has 0 aliphatic heterocycles. The van der Waals surface area contributed by atoms with E-state index in [4.69, 9.17) is 5.73 Å². The van der Waals surface area contributed by atoms with Crippen LogP contribution in [0.1, 0.15) is 37.6 Å². The highest BCUT2D eigenvalue weighted by Crippen LogP contribution is 2.23. The van der Waals surface area contributed by atoms with Gasteiger partial charge in [0.25, 0.3) is 0 Å². The molecule has 2 N–H and O–H groups in total. The predicted octanol–water partition coefficient (Wildman–Crippen LogP) is 3.35. The van der Waals surface area contributed by atoms with E-state index in [1.165, 1.54) is 4.90 Å². The Balaban J connectivity index is 2.76. The number of hydrogen-bond donors (Lipinski definition) is 1. The standard InChI is InChI=1S/C14H21NOS/c1-4-11(9-15)14(16)12-5-7-13(8-6-12)17-10(2)3/h5-8,10-11H,4,9,15H2,1-3H3. The molecule has 0 saturated carbocycles. The van der Waals surface area contributed by atoms with Crippen molar-refractivity contribution in [3.63, 3.8) is 0 Å². The van der Waals surface area contributed by atoms with Gasteiger partial charge in [-0.05, 0) is 18.6 Å². The molecule has 0 aliphatic carbocycles. The molecule has 0 radical (unpaired) electrons. The molecule has 0 fully saturated rings. The molecule has 0 heterocycles. The van der Waals surface area contributed by atoms with E-state index >= 15 is 0 Å². The van der Waals surface area contributed by atoms with E-state index < -0.39 is 0 Å². The number of rotatable bonds is 6. The molecule has 0 amide bonds. The first-order valence-electron chi connectivity index (χ1n) is 6.09. The van der Waals surface area contributed by atoms with Gasteiger partial charge in [0.2, 0.25) is 0 Å². The lowest BCUT2D eigenvalue weighted by atomic mass is 9.95. The van der Waals surface area contributed by atoms with E-state index in [1.807, 2.05) is 31.2 Å². The molecule has 1 aromatic rings. The van der Waals surface area contributed by atoms with Crippen molar-refractivity contribution in [1.29, 1.82) is 0 Å². The lowest BCUT2D eigenvalue weighted by molar-refractivity contribution is 0.0921. The lowest BCUT2D eigenvalue weighted by Crippen LogP contribution is -2.22. The monoisotopic (exact) mass is 251 g/mol. The smallest absolute Gasteiger partial charge is 0.167 e. The fourth-order valence-electron chi connectivity index (χ4n) is 1.66. The number of nitrogens with two attached hydrogens (primary N) is 1. The van der Waals surface area contributed by atoms with Gasteiger partial charge in [-0.3, -0.25) is 4.79 Å². The van der Waals surface area contributed by atoms with Crippen molar-refractivity contribution < 1.29 is 4.79 Å². The Morgan fingerprint density at radius 1 is 1.29 bits per heavy atom. The average Bonchev–Trinajstić information content (AvgIpc) is 2.30. The molecule has 1 atom stereocenters. The van der Waals surface area contributed by atoms with Crippen LogP contribution in [0, 0.1) is 5.92 Å². The molecule has 2 nitrogen and oxygen atoms in total. The summed E-state index contributed by atoms with van der Waals surface area (Å²) >= 11 is 1.80. The van der Waals surface area contributed by atoms with Gasteiger partial charge in [-0.1, -0.05) is 32.9 Å². The minimum atomic E-state index is -0.0430. The zero-order chi connectivity index (χ0) is 12.8. The van der Waals surface area contributed by atoms with Crippen LogP contribution in [0.2, 0.25) is 0 Å². The second-order valence-electron chi connectivity index (χ2n) is 4.40. The number of Topliss-reactive ketones (excluding diaryl/α,β-unsaturated/α-hetero) is 1. The van der Waals surface area contributed by atoms with Gasteiger partial charge < -0.3 is 5.73 Å². The van der Waals surface area contributed by atoms with E-state index in [-0.39, 0.29) is 11.7 Å². The second-order valence-corrected chi connectivity index (χ2v) is 6.05. The van der Waals surface area contributed by atoms with Gasteiger partial charge in [0.15, 0.2) is 5.78 Å². The van der Waals surface area contributed by atoms with E-state index in [1.54, 1.807) is 11.8 Å². The van der Waals surface area contributed by atoms with Gasteiger partial charge in [-0.25, -0.2) is 0 Å². The summed E-state index contributed by atoms with van der Waals surface area (Å²) in [5, 5.41) is 0.559. The highest BCUT2D eigenvalue weighted by Gasteiger charge is 2.16. The number of carbonyl (C=O) groups excluding carboxylic acids is 1. The lowest BCUT2D eigenvalue weighted by Gasteiger charge is -2.11. The third-order valence-electron chi connectivity index (χ3n) is 2.66. The summed E-state index contributed by atoms with van der Waals surface area (Å²) in [5.74, 6) is 0.120. The fourth-order valence-corrected chi connectivity index (χ4v) is 2.50. The van der Waals surface area contributed by atoms with Crippen LogP contribution in [-0.4, -0.2) is 17.6 Å². The maximum absolute atomic E-state index is 12.1. The highest BCUT2D eigenvalue weighted by atomic mass is 32.2. The topological polar surface area (TPSA) is 43.1 Å². The Morgan fingerprint density at radius 3 is 2.29 bits per heavy atom. The molecule has 0 bridgehead atoms. The van der Waals surface area contributed by atoms with Gasteiger partial charge in [-0.2, -0.15) is 0 Å². The first-order chi connectivity index (χ1) is 8.08. The fraction of sp³-hybridized carbons (Fsp3) is 0.500. The zero-order valence-electron chi connectivity index (χ0n) is 10.8. The van der Waals surface area contributed by atoms with Crippen LogP contribution in [0.4, 0.5) is 0 Å². The molecular formula is C14H21NOS. The molecule has 1 unspecified atom stereocenters. The summed E-state index contributed by atoms with van der Waals surface area (Å²) in [6.45, 7) is 6.74. The molecule has 0 spiro atoms. The maximum Gasteiger partial charge on any atom is 0.167 e. The van der Waals surface area contributed by atoms with Crippen molar-refractivity contribution in [2.45, 2.75) is 37.3 Å². The number of hydrogen-bond acceptors (Lipinski definition) is 3. The Morgan fingerprint density at radius 2 is 1.88 bits per heavy atom. The van der Waals surface area contributed by atoms with Gasteiger partial charge in [0, 0.05) is 28.2 Å². The molecule has 1 rings (SSSR count). The quantitative estimate of drug-likeness (QED) is 0.623. The summed E-state index contributed by atoms with van der Waals surface area (Å²) < 4.78 is 0. The predicted molar refractivity (Wildman–Crippen MR) is 74.6 cm³/mol. The highest BCUT2D eigenvalue weighted by molar-refractivity contribution is 7.99. The first kappa shape index (κ1) is 14.3. The summed E-state index contributed by atoms with van der Waals surface area (Å²) in [5.41, 5.74) is 6.37. The molecular weight excluding hydrogens is 230 g/mol. The van der Waals surface area contributed by atoms with Crippen LogP contribution in [0.5, 0.6) is 0 Å². The summed E-state index contributed by atoms with van der Waals surface area (Å²) in [6, 6.07) is 7.85. The van der Waals surface area contributed by atoms with Crippen LogP contribution in [0.3, 0.4) is 0 Å². The van der Waals surface area contributed by atoms with Crippen molar-refractivity contribution in [3.8, 4) is 0 Å². The van der Waals surface area contributed by atoms with Gasteiger partial charge in [0.05, 0.1) is 0 Å². The SMILES string of the molecule is CCC(CN)C(=O)c1ccc(SC(C)C)cc1. The summed E-state index contributed by atoms with van der Waals surface area (Å²) in [7, 11) is 0. The van der Waals surface area contributed by atoms with Crippen molar-refractivity contribution in [2.24, 2.45) is 11.7 Å². The van der Waals surface area contributed by atoms with E-state index in [0.717, 1.165) is 12.0 Å². The molecule has 94 valence electrons. The van der Waals surface area contributed by atoms with E-state index in [0.29, 0.717) is 11.8 Å². The molecule has 17 heavy (non-hydrogen) atoms. The van der Waals surface area contributed by atoms with Crippen LogP contribution in [0.25, 0.3) is 0 Å². The molecule has 1 aromatic carbocycles. The van der Waals surface area contributed by atoms with Crippen molar-refractivity contribution in [3.05, 3.63) is 29.8 Å². The summed E-state index contributed by atoms with van der Waals surface area (Å²) in [6.07, 6.45) is 0.803. The van der Waals surface area contributed by atoms with Crippen LogP contribution >= 0.6 is 11.8 Å². The largest absolute Gasteiger partial charge is 0.330 e.